The molecule has 4 rings (SSSR count). The molecular weight excluding hydrogens is 496 g/mol. The van der Waals surface area contributed by atoms with Crippen LogP contribution in [0.25, 0.3) is 10.9 Å². The standard InChI is InChI=1S/C27H34N2O9/c1-4-28(5-2)26(34)29-14-17(13-16-9-11-18(36-3)12-10-16)22-19(29)7-6-8-20(22)38-27(35)24(32)23(31)21(15-30)37-25(27)33/h6-12,14,21,23-25,30-33,35H,4-5,13,15H2,1-3H3/t21-,23-,24+,25+,27+/m1/s1. The molecule has 5 atom stereocenters. The topological polar surface area (TPSA) is 154 Å². The molecule has 206 valence electrons. The van der Waals surface area contributed by atoms with Crippen molar-refractivity contribution in [1.29, 1.82) is 0 Å². The van der Waals surface area contributed by atoms with Gasteiger partial charge < -0.3 is 44.6 Å². The van der Waals surface area contributed by atoms with E-state index in [-0.39, 0.29) is 11.8 Å². The molecule has 2 aromatic carbocycles. The number of hydrogen-bond acceptors (Lipinski definition) is 9. The summed E-state index contributed by atoms with van der Waals surface area (Å²) in [7, 11) is 1.58. The molecule has 0 aliphatic carbocycles. The van der Waals surface area contributed by atoms with Crippen molar-refractivity contribution in [2.75, 3.05) is 26.8 Å². The summed E-state index contributed by atoms with van der Waals surface area (Å²) < 4.78 is 17.6. The quantitative estimate of drug-likeness (QED) is 0.269. The molecule has 1 fully saturated rings. The zero-order chi connectivity index (χ0) is 27.6. The maximum Gasteiger partial charge on any atom is 0.328 e. The Labute approximate surface area is 220 Å². The Hall–Kier alpha value is -3.19. The van der Waals surface area contributed by atoms with Gasteiger partial charge in [0.25, 0.3) is 5.79 Å². The first kappa shape index (κ1) is 27.8. The van der Waals surface area contributed by atoms with Gasteiger partial charge in [0.2, 0.25) is 6.29 Å². The summed E-state index contributed by atoms with van der Waals surface area (Å²) in [6.45, 7) is 4.07. The maximum absolute atomic E-state index is 13.4. The van der Waals surface area contributed by atoms with Crippen molar-refractivity contribution in [2.24, 2.45) is 0 Å². The first-order chi connectivity index (χ1) is 18.2. The van der Waals surface area contributed by atoms with Gasteiger partial charge in [0.05, 0.1) is 19.2 Å². The van der Waals surface area contributed by atoms with E-state index in [4.69, 9.17) is 14.2 Å². The molecule has 1 aromatic heterocycles. The van der Waals surface area contributed by atoms with Crippen molar-refractivity contribution in [2.45, 2.75) is 50.7 Å². The number of nitrogens with zero attached hydrogens (tertiary/aromatic N) is 2. The van der Waals surface area contributed by atoms with Gasteiger partial charge in [0.15, 0.2) is 6.10 Å². The predicted molar refractivity (Wildman–Crippen MR) is 137 cm³/mol. The van der Waals surface area contributed by atoms with Gasteiger partial charge >= 0.3 is 6.03 Å². The van der Waals surface area contributed by atoms with Crippen LogP contribution in [-0.4, -0.2) is 98.2 Å². The van der Waals surface area contributed by atoms with E-state index in [1.54, 1.807) is 30.3 Å². The highest BCUT2D eigenvalue weighted by atomic mass is 16.7. The molecule has 0 spiro atoms. The number of benzene rings is 2. The van der Waals surface area contributed by atoms with E-state index >= 15 is 0 Å². The number of aliphatic hydroxyl groups is 5. The van der Waals surface area contributed by atoms with Crippen LogP contribution in [0, 0.1) is 0 Å². The first-order valence-electron chi connectivity index (χ1n) is 12.4. The molecule has 0 radical (unpaired) electrons. The molecule has 5 N–H and O–H groups in total. The van der Waals surface area contributed by atoms with E-state index in [0.29, 0.717) is 41.7 Å². The van der Waals surface area contributed by atoms with Crippen LogP contribution >= 0.6 is 0 Å². The monoisotopic (exact) mass is 530 g/mol. The number of aliphatic hydroxyl groups excluding tert-OH is 4. The van der Waals surface area contributed by atoms with Crippen LogP contribution in [-0.2, 0) is 11.2 Å². The Morgan fingerprint density at radius 3 is 2.39 bits per heavy atom. The van der Waals surface area contributed by atoms with Gasteiger partial charge in [-0.3, -0.25) is 4.57 Å². The minimum absolute atomic E-state index is 0.0518. The fourth-order valence-corrected chi connectivity index (χ4v) is 4.70. The molecule has 1 amide bonds. The molecule has 38 heavy (non-hydrogen) atoms. The molecule has 0 saturated carbocycles. The molecule has 2 heterocycles. The van der Waals surface area contributed by atoms with E-state index in [1.165, 1.54) is 10.6 Å². The number of carbonyl (C=O) groups excluding carboxylic acids is 1. The lowest BCUT2D eigenvalue weighted by molar-refractivity contribution is -0.385. The van der Waals surface area contributed by atoms with Gasteiger partial charge in [-0.2, -0.15) is 0 Å². The van der Waals surface area contributed by atoms with Crippen LogP contribution in [0.3, 0.4) is 0 Å². The minimum Gasteiger partial charge on any atom is -0.497 e. The number of hydrogen-bond donors (Lipinski definition) is 5. The zero-order valence-corrected chi connectivity index (χ0v) is 21.5. The largest absolute Gasteiger partial charge is 0.497 e. The van der Waals surface area contributed by atoms with Crippen molar-refractivity contribution in [3.05, 3.63) is 59.8 Å². The smallest absolute Gasteiger partial charge is 0.328 e. The summed E-state index contributed by atoms with van der Waals surface area (Å²) in [6, 6.07) is 12.0. The van der Waals surface area contributed by atoms with E-state index in [0.717, 1.165) is 5.56 Å². The van der Waals surface area contributed by atoms with Crippen molar-refractivity contribution < 1.29 is 44.5 Å². The molecule has 0 bridgehead atoms. The molecule has 3 aromatic rings. The van der Waals surface area contributed by atoms with Crippen molar-refractivity contribution in [3.8, 4) is 11.5 Å². The Morgan fingerprint density at radius 2 is 1.79 bits per heavy atom. The molecule has 1 aliphatic heterocycles. The molecule has 11 nitrogen and oxygen atoms in total. The summed E-state index contributed by atoms with van der Waals surface area (Å²) >= 11 is 0. The Kier molecular flexibility index (Phi) is 8.26. The van der Waals surface area contributed by atoms with Crippen molar-refractivity contribution in [3.63, 3.8) is 0 Å². The van der Waals surface area contributed by atoms with Gasteiger partial charge in [-0.05, 0) is 55.7 Å². The SMILES string of the molecule is CCN(CC)C(=O)n1cc(Cc2ccc(OC)cc2)c2c(O[C@]3(O)[C@@H](O)O[C@H](CO)[C@@H](O)[C@@H]3O)cccc21. The number of aromatic nitrogens is 1. The summed E-state index contributed by atoms with van der Waals surface area (Å²) in [4.78, 5) is 15.0. The number of ether oxygens (including phenoxy) is 3. The maximum atomic E-state index is 13.4. The summed E-state index contributed by atoms with van der Waals surface area (Å²) in [5, 5.41) is 52.4. The fourth-order valence-electron chi connectivity index (χ4n) is 4.70. The highest BCUT2D eigenvalue weighted by Gasteiger charge is 2.57. The first-order valence-corrected chi connectivity index (χ1v) is 12.4. The Balaban J connectivity index is 1.82. The van der Waals surface area contributed by atoms with Crippen molar-refractivity contribution >= 4 is 16.9 Å². The second-order valence-electron chi connectivity index (χ2n) is 9.15. The van der Waals surface area contributed by atoms with Gasteiger partial charge in [-0.25, -0.2) is 4.79 Å². The van der Waals surface area contributed by atoms with E-state index < -0.39 is 37.0 Å². The molecule has 0 unspecified atom stereocenters. The number of fused-ring (bicyclic) bond motifs is 1. The van der Waals surface area contributed by atoms with Gasteiger partial charge in [0, 0.05) is 24.7 Å². The second kappa shape index (κ2) is 11.3. The van der Waals surface area contributed by atoms with E-state index in [9.17, 15) is 30.3 Å². The van der Waals surface area contributed by atoms with Crippen LogP contribution in [0.4, 0.5) is 4.79 Å². The van der Waals surface area contributed by atoms with E-state index in [1.807, 2.05) is 38.1 Å². The lowest BCUT2D eigenvalue weighted by atomic mass is 9.95. The summed E-state index contributed by atoms with van der Waals surface area (Å²) in [5.41, 5.74) is 2.08. The third-order valence-corrected chi connectivity index (χ3v) is 6.90. The average Bonchev–Trinajstić information content (AvgIpc) is 3.30. The second-order valence-corrected chi connectivity index (χ2v) is 9.15. The van der Waals surface area contributed by atoms with Gasteiger partial charge in [0.1, 0.15) is 23.7 Å². The van der Waals surface area contributed by atoms with Crippen LogP contribution in [0.5, 0.6) is 11.5 Å². The number of carbonyl (C=O) groups is 1. The summed E-state index contributed by atoms with van der Waals surface area (Å²) in [5.74, 6) is -2.02. The highest BCUT2D eigenvalue weighted by Crippen LogP contribution is 2.38. The van der Waals surface area contributed by atoms with Crippen LogP contribution in [0.1, 0.15) is 25.0 Å². The zero-order valence-electron chi connectivity index (χ0n) is 21.5. The minimum atomic E-state index is -2.76. The van der Waals surface area contributed by atoms with Crippen molar-refractivity contribution in [1.82, 2.24) is 9.47 Å². The average molecular weight is 531 g/mol. The molecular formula is C27H34N2O9. The summed E-state index contributed by atoms with van der Waals surface area (Å²) in [6.07, 6.45) is -5.07. The van der Waals surface area contributed by atoms with Crippen LogP contribution < -0.4 is 9.47 Å². The lowest BCUT2D eigenvalue weighted by Gasteiger charge is -2.45. The number of methoxy groups -OCH3 is 1. The number of rotatable bonds is 8. The van der Waals surface area contributed by atoms with Gasteiger partial charge in [-0.1, -0.05) is 18.2 Å². The number of amides is 1. The van der Waals surface area contributed by atoms with E-state index in [2.05, 4.69) is 0 Å². The third kappa shape index (κ3) is 4.96. The fraction of sp³-hybridized carbons (Fsp3) is 0.444. The Bertz CT molecular complexity index is 1260. The normalized spacial score (nSPS) is 25.4. The molecule has 1 saturated heterocycles. The predicted octanol–water partition coefficient (Wildman–Crippen LogP) is 1.05. The van der Waals surface area contributed by atoms with Crippen LogP contribution in [0.15, 0.2) is 48.7 Å². The Morgan fingerprint density at radius 1 is 1.11 bits per heavy atom. The molecule has 11 heteroatoms. The van der Waals surface area contributed by atoms with Crippen LogP contribution in [0.2, 0.25) is 0 Å². The van der Waals surface area contributed by atoms with Gasteiger partial charge in [-0.15, -0.1) is 0 Å². The molecule has 1 aliphatic rings. The lowest BCUT2D eigenvalue weighted by Crippen LogP contribution is -2.69. The third-order valence-electron chi connectivity index (χ3n) is 6.90. The highest BCUT2D eigenvalue weighted by molar-refractivity contribution is 5.97.